The first-order valence-corrected chi connectivity index (χ1v) is 5.95. The topological polar surface area (TPSA) is 96.9 Å². The molecule has 7 nitrogen and oxygen atoms in total. The van der Waals surface area contributed by atoms with Crippen LogP contribution in [0.25, 0.3) is 0 Å². The number of ether oxygens (including phenoxy) is 2. The largest absolute Gasteiger partial charge is 0.481 e. The van der Waals surface area contributed by atoms with E-state index in [0.717, 1.165) is 6.42 Å². The van der Waals surface area contributed by atoms with E-state index in [1.54, 1.807) is 7.11 Å². The molecule has 1 aliphatic rings. The van der Waals surface area contributed by atoms with Gasteiger partial charge in [-0.1, -0.05) is 6.92 Å². The summed E-state index contributed by atoms with van der Waals surface area (Å²) < 4.78 is 10.0. The number of urea groups is 1. The van der Waals surface area contributed by atoms with Crippen molar-refractivity contribution in [1.82, 2.24) is 10.6 Å². The van der Waals surface area contributed by atoms with Gasteiger partial charge in [0.05, 0.1) is 31.9 Å². The minimum atomic E-state index is -0.957. The van der Waals surface area contributed by atoms with E-state index in [-0.39, 0.29) is 25.3 Å². The van der Waals surface area contributed by atoms with Crippen molar-refractivity contribution in [2.75, 3.05) is 26.9 Å². The minimum Gasteiger partial charge on any atom is -0.481 e. The summed E-state index contributed by atoms with van der Waals surface area (Å²) in [5.74, 6) is -1.64. The average molecular weight is 260 g/mol. The number of carboxylic acids is 1. The summed E-state index contributed by atoms with van der Waals surface area (Å²) in [5, 5.41) is 14.3. The Kier molecular flexibility index (Phi) is 5.87. The molecule has 3 N–H and O–H groups in total. The van der Waals surface area contributed by atoms with Gasteiger partial charge in [0.25, 0.3) is 0 Å². The fourth-order valence-electron chi connectivity index (χ4n) is 1.80. The van der Waals surface area contributed by atoms with E-state index in [1.807, 2.05) is 6.92 Å². The summed E-state index contributed by atoms with van der Waals surface area (Å²) in [6.45, 7) is 2.72. The number of carbonyl (C=O) groups excluding carboxylic acids is 1. The molecule has 104 valence electrons. The molecular weight excluding hydrogens is 240 g/mol. The molecular formula is C11H20N2O5. The Morgan fingerprint density at radius 2 is 2.22 bits per heavy atom. The fourth-order valence-corrected chi connectivity index (χ4v) is 1.80. The number of aliphatic carboxylic acids is 1. The van der Waals surface area contributed by atoms with Crippen molar-refractivity contribution in [2.45, 2.75) is 25.4 Å². The highest BCUT2D eigenvalue weighted by Gasteiger charge is 2.35. The van der Waals surface area contributed by atoms with E-state index in [0.29, 0.717) is 6.61 Å². The fraction of sp³-hybridized carbons (Fsp3) is 0.818. The monoisotopic (exact) mass is 260 g/mol. The van der Waals surface area contributed by atoms with E-state index < -0.39 is 17.9 Å². The normalized spacial score (nSPS) is 24.6. The van der Waals surface area contributed by atoms with Crippen LogP contribution in [0.5, 0.6) is 0 Å². The Bertz CT molecular complexity index is 297. The van der Waals surface area contributed by atoms with E-state index in [9.17, 15) is 9.59 Å². The van der Waals surface area contributed by atoms with Gasteiger partial charge in [0.2, 0.25) is 0 Å². The molecule has 3 atom stereocenters. The molecule has 7 heteroatoms. The zero-order valence-corrected chi connectivity index (χ0v) is 10.6. The highest BCUT2D eigenvalue weighted by Crippen LogP contribution is 2.13. The molecule has 1 rings (SSSR count). The molecule has 3 unspecified atom stereocenters. The van der Waals surface area contributed by atoms with Gasteiger partial charge in [0, 0.05) is 7.11 Å². The lowest BCUT2D eigenvalue weighted by atomic mass is 10.0. The standard InChI is InChI=1S/C11H20N2O5/c1-3-7(4-17-2)12-11(16)13-9-6-18-5-8(9)10(14)15/h7-9H,3-6H2,1-2H3,(H,14,15)(H2,12,13,16). The van der Waals surface area contributed by atoms with Crippen molar-refractivity contribution in [1.29, 1.82) is 0 Å². The van der Waals surface area contributed by atoms with E-state index >= 15 is 0 Å². The molecule has 1 saturated heterocycles. The van der Waals surface area contributed by atoms with Crippen LogP contribution in [0.2, 0.25) is 0 Å². The van der Waals surface area contributed by atoms with Gasteiger partial charge in [-0.2, -0.15) is 0 Å². The van der Waals surface area contributed by atoms with Crippen LogP contribution in [-0.2, 0) is 14.3 Å². The maximum atomic E-state index is 11.7. The van der Waals surface area contributed by atoms with Crippen molar-refractivity contribution < 1.29 is 24.2 Å². The molecule has 1 fully saturated rings. The summed E-state index contributed by atoms with van der Waals surface area (Å²) in [4.78, 5) is 22.6. The van der Waals surface area contributed by atoms with Crippen molar-refractivity contribution in [3.8, 4) is 0 Å². The van der Waals surface area contributed by atoms with Crippen LogP contribution in [0.1, 0.15) is 13.3 Å². The van der Waals surface area contributed by atoms with Gasteiger partial charge >= 0.3 is 12.0 Å². The van der Waals surface area contributed by atoms with Crippen LogP contribution in [-0.4, -0.2) is 56.1 Å². The first-order valence-electron chi connectivity index (χ1n) is 5.95. The summed E-state index contributed by atoms with van der Waals surface area (Å²) in [6, 6.07) is -0.955. The molecule has 0 aromatic heterocycles. The molecule has 18 heavy (non-hydrogen) atoms. The van der Waals surface area contributed by atoms with Crippen molar-refractivity contribution in [3.63, 3.8) is 0 Å². The van der Waals surface area contributed by atoms with Crippen LogP contribution in [0, 0.1) is 5.92 Å². The van der Waals surface area contributed by atoms with Crippen LogP contribution in [0.4, 0.5) is 4.79 Å². The first-order chi connectivity index (χ1) is 8.58. The Morgan fingerprint density at radius 1 is 1.50 bits per heavy atom. The van der Waals surface area contributed by atoms with E-state index in [4.69, 9.17) is 14.6 Å². The Morgan fingerprint density at radius 3 is 2.78 bits per heavy atom. The van der Waals surface area contributed by atoms with Gasteiger partial charge in [0.15, 0.2) is 0 Å². The van der Waals surface area contributed by atoms with Crippen LogP contribution >= 0.6 is 0 Å². The van der Waals surface area contributed by atoms with Gasteiger partial charge in [-0.15, -0.1) is 0 Å². The molecule has 2 amide bonds. The Hall–Kier alpha value is -1.34. The third-order valence-electron chi connectivity index (χ3n) is 2.91. The summed E-state index contributed by atoms with van der Waals surface area (Å²) >= 11 is 0. The van der Waals surface area contributed by atoms with Crippen molar-refractivity contribution >= 4 is 12.0 Å². The minimum absolute atomic E-state index is 0.0828. The predicted molar refractivity (Wildman–Crippen MR) is 63.4 cm³/mol. The maximum absolute atomic E-state index is 11.7. The number of hydrogen-bond acceptors (Lipinski definition) is 4. The van der Waals surface area contributed by atoms with Gasteiger partial charge in [-0.25, -0.2) is 4.79 Å². The molecule has 0 bridgehead atoms. The summed E-state index contributed by atoms with van der Waals surface area (Å²) in [6.07, 6.45) is 0.741. The number of rotatable bonds is 6. The third kappa shape index (κ3) is 4.15. The first kappa shape index (κ1) is 14.7. The smallest absolute Gasteiger partial charge is 0.315 e. The molecule has 1 heterocycles. The second-order valence-electron chi connectivity index (χ2n) is 4.27. The van der Waals surface area contributed by atoms with Gasteiger partial charge in [-0.05, 0) is 6.42 Å². The van der Waals surface area contributed by atoms with Crippen LogP contribution in [0.15, 0.2) is 0 Å². The second-order valence-corrected chi connectivity index (χ2v) is 4.27. The average Bonchev–Trinajstić information content (AvgIpc) is 2.76. The highest BCUT2D eigenvalue weighted by molar-refractivity contribution is 5.77. The number of methoxy groups -OCH3 is 1. The number of carbonyl (C=O) groups is 2. The lowest BCUT2D eigenvalue weighted by Crippen LogP contribution is -2.50. The van der Waals surface area contributed by atoms with Gasteiger partial charge in [-0.3, -0.25) is 4.79 Å². The molecule has 1 aliphatic heterocycles. The predicted octanol–water partition coefficient (Wildman–Crippen LogP) is -0.190. The number of nitrogens with one attached hydrogen (secondary N) is 2. The Labute approximate surface area is 106 Å². The molecule has 0 aromatic carbocycles. The molecule has 0 aromatic rings. The lowest BCUT2D eigenvalue weighted by Gasteiger charge is -2.20. The highest BCUT2D eigenvalue weighted by atomic mass is 16.5. The molecule has 0 aliphatic carbocycles. The van der Waals surface area contributed by atoms with Crippen molar-refractivity contribution in [3.05, 3.63) is 0 Å². The van der Waals surface area contributed by atoms with Crippen molar-refractivity contribution in [2.24, 2.45) is 5.92 Å². The zero-order valence-electron chi connectivity index (χ0n) is 10.6. The summed E-state index contributed by atoms with van der Waals surface area (Å²) in [7, 11) is 1.56. The van der Waals surface area contributed by atoms with E-state index in [2.05, 4.69) is 10.6 Å². The van der Waals surface area contributed by atoms with Gasteiger partial charge in [0.1, 0.15) is 5.92 Å². The van der Waals surface area contributed by atoms with Gasteiger partial charge < -0.3 is 25.2 Å². The zero-order chi connectivity index (χ0) is 13.5. The van der Waals surface area contributed by atoms with Crippen LogP contribution < -0.4 is 10.6 Å². The number of carboxylic acid groups (broad SMARTS) is 1. The molecule has 0 saturated carbocycles. The molecule has 0 spiro atoms. The second kappa shape index (κ2) is 7.17. The Balaban J connectivity index is 2.41. The summed E-state index contributed by atoms with van der Waals surface area (Å²) in [5.41, 5.74) is 0. The quantitative estimate of drug-likeness (QED) is 0.615. The van der Waals surface area contributed by atoms with E-state index in [1.165, 1.54) is 0 Å². The SMILES string of the molecule is CCC(COC)NC(=O)NC1COCC1C(=O)O. The molecule has 0 radical (unpaired) electrons. The number of hydrogen-bond donors (Lipinski definition) is 3. The third-order valence-corrected chi connectivity index (χ3v) is 2.91. The number of amides is 2. The van der Waals surface area contributed by atoms with Crippen LogP contribution in [0.3, 0.4) is 0 Å². The maximum Gasteiger partial charge on any atom is 0.315 e. The lowest BCUT2D eigenvalue weighted by molar-refractivity contribution is -0.142.